The fraction of sp³-hybridized carbons (Fsp3) is 0.889. The fourth-order valence-corrected chi connectivity index (χ4v) is 1.58. The van der Waals surface area contributed by atoms with Gasteiger partial charge in [-0.15, -0.1) is 0 Å². The summed E-state index contributed by atoms with van der Waals surface area (Å²) in [6.07, 6.45) is 2.68. The molecular weight excluding hydrogens is 140 g/mol. The van der Waals surface area contributed by atoms with Crippen LogP contribution in [0.25, 0.3) is 0 Å². The molecule has 1 atom stereocenters. The zero-order valence-electron chi connectivity index (χ0n) is 7.52. The minimum absolute atomic E-state index is 0.0342. The minimum atomic E-state index is -0.0342. The highest BCUT2D eigenvalue weighted by molar-refractivity contribution is 5.71. The van der Waals surface area contributed by atoms with Crippen molar-refractivity contribution in [2.24, 2.45) is 5.41 Å². The van der Waals surface area contributed by atoms with E-state index >= 15 is 0 Å². The summed E-state index contributed by atoms with van der Waals surface area (Å²) in [5.74, 6) is -0.0342. The van der Waals surface area contributed by atoms with Crippen molar-refractivity contribution in [3.63, 3.8) is 0 Å². The first-order valence-corrected chi connectivity index (χ1v) is 4.23. The van der Waals surface area contributed by atoms with Gasteiger partial charge in [-0.2, -0.15) is 0 Å². The third-order valence-electron chi connectivity index (χ3n) is 2.16. The molecule has 0 spiro atoms. The second-order valence-corrected chi connectivity index (χ2v) is 4.07. The summed E-state index contributed by atoms with van der Waals surface area (Å²) in [6, 6.07) is 0. The lowest BCUT2D eigenvalue weighted by Gasteiger charge is -2.33. The van der Waals surface area contributed by atoms with Gasteiger partial charge in [-0.1, -0.05) is 20.8 Å². The summed E-state index contributed by atoms with van der Waals surface area (Å²) < 4.78 is 5.13. The van der Waals surface area contributed by atoms with Crippen LogP contribution in [0.15, 0.2) is 0 Å². The van der Waals surface area contributed by atoms with Gasteiger partial charge in [0.2, 0.25) is 0 Å². The van der Waals surface area contributed by atoms with Crippen LogP contribution in [-0.2, 0) is 9.53 Å². The van der Waals surface area contributed by atoms with Crippen molar-refractivity contribution in [2.75, 3.05) is 0 Å². The summed E-state index contributed by atoms with van der Waals surface area (Å²) in [5, 5.41) is 0. The zero-order valence-corrected chi connectivity index (χ0v) is 7.52. The Bertz CT molecular complexity index is 161. The Labute approximate surface area is 67.9 Å². The van der Waals surface area contributed by atoms with E-state index in [1.807, 2.05) is 0 Å². The van der Waals surface area contributed by atoms with Crippen LogP contribution in [0, 0.1) is 5.41 Å². The first kappa shape index (κ1) is 8.57. The van der Waals surface area contributed by atoms with Gasteiger partial charge in [-0.3, -0.25) is 4.79 Å². The quantitative estimate of drug-likeness (QED) is 0.543. The first-order chi connectivity index (χ1) is 5.03. The van der Waals surface area contributed by atoms with Crippen molar-refractivity contribution < 1.29 is 9.53 Å². The summed E-state index contributed by atoms with van der Waals surface area (Å²) in [6.45, 7) is 6.30. The largest absolute Gasteiger partial charge is 0.462 e. The van der Waals surface area contributed by atoms with Crippen molar-refractivity contribution in [3.05, 3.63) is 0 Å². The molecular formula is C9H16O2. The number of rotatable bonds is 1. The first-order valence-electron chi connectivity index (χ1n) is 4.23. The maximum atomic E-state index is 11.0. The molecule has 0 saturated carbocycles. The molecule has 64 valence electrons. The van der Waals surface area contributed by atoms with Crippen molar-refractivity contribution in [1.82, 2.24) is 0 Å². The predicted molar refractivity (Wildman–Crippen MR) is 43.2 cm³/mol. The van der Waals surface area contributed by atoms with Crippen LogP contribution in [0.5, 0.6) is 0 Å². The number of esters is 1. The van der Waals surface area contributed by atoms with E-state index in [9.17, 15) is 4.79 Å². The van der Waals surface area contributed by atoms with Crippen LogP contribution >= 0.6 is 0 Å². The third-order valence-corrected chi connectivity index (χ3v) is 2.16. The van der Waals surface area contributed by atoms with Gasteiger partial charge in [-0.25, -0.2) is 0 Å². The molecule has 11 heavy (non-hydrogen) atoms. The van der Waals surface area contributed by atoms with Crippen LogP contribution in [0.2, 0.25) is 0 Å². The SMILES string of the molecule is CCC1CC(C)(C)CC(=O)O1. The molecule has 0 bridgehead atoms. The monoisotopic (exact) mass is 156 g/mol. The molecule has 0 aromatic carbocycles. The maximum Gasteiger partial charge on any atom is 0.306 e. The van der Waals surface area contributed by atoms with Gasteiger partial charge in [0.15, 0.2) is 0 Å². The van der Waals surface area contributed by atoms with Crippen LogP contribution in [0.1, 0.15) is 40.0 Å². The summed E-state index contributed by atoms with van der Waals surface area (Å²) in [4.78, 5) is 11.0. The van der Waals surface area contributed by atoms with E-state index in [0.29, 0.717) is 6.42 Å². The van der Waals surface area contributed by atoms with Crippen LogP contribution in [0.4, 0.5) is 0 Å². The highest BCUT2D eigenvalue weighted by Gasteiger charge is 2.33. The second kappa shape index (κ2) is 2.84. The molecule has 2 nitrogen and oxygen atoms in total. The number of ether oxygens (including phenoxy) is 1. The molecule has 0 radical (unpaired) electrons. The van der Waals surface area contributed by atoms with Crippen molar-refractivity contribution in [3.8, 4) is 0 Å². The Morgan fingerprint density at radius 2 is 2.27 bits per heavy atom. The van der Waals surface area contributed by atoms with E-state index in [1.54, 1.807) is 0 Å². The van der Waals surface area contributed by atoms with Gasteiger partial charge < -0.3 is 4.74 Å². The number of cyclic esters (lactones) is 1. The third kappa shape index (κ3) is 2.21. The van der Waals surface area contributed by atoms with Crippen molar-refractivity contribution >= 4 is 5.97 Å². The lowest BCUT2D eigenvalue weighted by Crippen LogP contribution is -2.34. The predicted octanol–water partition coefficient (Wildman–Crippen LogP) is 2.13. The number of carbonyl (C=O) groups excluding carboxylic acids is 1. The standard InChI is InChI=1S/C9H16O2/c1-4-7-5-9(2,3)6-8(10)11-7/h7H,4-6H2,1-3H3. The molecule has 1 rings (SSSR count). The molecule has 0 aliphatic carbocycles. The molecule has 1 fully saturated rings. The average molecular weight is 156 g/mol. The highest BCUT2D eigenvalue weighted by Crippen LogP contribution is 2.33. The summed E-state index contributed by atoms with van der Waals surface area (Å²) >= 11 is 0. The second-order valence-electron chi connectivity index (χ2n) is 4.07. The highest BCUT2D eigenvalue weighted by atomic mass is 16.5. The van der Waals surface area contributed by atoms with E-state index in [1.165, 1.54) is 0 Å². The average Bonchev–Trinajstić information content (AvgIpc) is 1.83. The minimum Gasteiger partial charge on any atom is -0.462 e. The molecule has 1 heterocycles. The molecule has 0 aromatic heterocycles. The molecule has 1 aliphatic heterocycles. The molecule has 0 N–H and O–H groups in total. The molecule has 0 amide bonds. The lowest BCUT2D eigenvalue weighted by molar-refractivity contribution is -0.160. The molecule has 1 saturated heterocycles. The summed E-state index contributed by atoms with van der Waals surface area (Å²) in [7, 11) is 0. The topological polar surface area (TPSA) is 26.3 Å². The van der Waals surface area contributed by atoms with E-state index < -0.39 is 0 Å². The Morgan fingerprint density at radius 3 is 2.73 bits per heavy atom. The smallest absolute Gasteiger partial charge is 0.306 e. The molecule has 1 unspecified atom stereocenters. The van der Waals surface area contributed by atoms with Gasteiger partial charge in [0.05, 0.1) is 6.42 Å². The maximum absolute atomic E-state index is 11.0. The molecule has 1 aliphatic rings. The molecule has 2 heteroatoms. The normalized spacial score (nSPS) is 29.7. The van der Waals surface area contributed by atoms with E-state index in [2.05, 4.69) is 20.8 Å². The van der Waals surface area contributed by atoms with Crippen LogP contribution < -0.4 is 0 Å². The van der Waals surface area contributed by atoms with Crippen LogP contribution in [-0.4, -0.2) is 12.1 Å². The Hall–Kier alpha value is -0.530. The number of hydrogen-bond acceptors (Lipinski definition) is 2. The zero-order chi connectivity index (χ0) is 8.48. The van der Waals surface area contributed by atoms with E-state index in [0.717, 1.165) is 12.8 Å². The van der Waals surface area contributed by atoms with Gasteiger partial charge in [0, 0.05) is 0 Å². The summed E-state index contributed by atoms with van der Waals surface area (Å²) in [5.41, 5.74) is 0.149. The van der Waals surface area contributed by atoms with Crippen molar-refractivity contribution in [2.45, 2.75) is 46.1 Å². The van der Waals surface area contributed by atoms with Gasteiger partial charge in [-0.05, 0) is 18.3 Å². The van der Waals surface area contributed by atoms with Crippen LogP contribution in [0.3, 0.4) is 0 Å². The fourth-order valence-electron chi connectivity index (χ4n) is 1.58. The number of hydrogen-bond donors (Lipinski definition) is 0. The lowest BCUT2D eigenvalue weighted by atomic mass is 9.81. The van der Waals surface area contributed by atoms with Crippen molar-refractivity contribution in [1.29, 1.82) is 0 Å². The van der Waals surface area contributed by atoms with Gasteiger partial charge >= 0.3 is 5.97 Å². The van der Waals surface area contributed by atoms with Gasteiger partial charge in [0.25, 0.3) is 0 Å². The Morgan fingerprint density at radius 1 is 1.64 bits per heavy atom. The Balaban J connectivity index is 2.58. The van der Waals surface area contributed by atoms with E-state index in [4.69, 9.17) is 4.74 Å². The Kier molecular flexibility index (Phi) is 2.21. The number of carbonyl (C=O) groups is 1. The van der Waals surface area contributed by atoms with Gasteiger partial charge in [0.1, 0.15) is 6.10 Å². The molecule has 0 aromatic rings. The van der Waals surface area contributed by atoms with E-state index in [-0.39, 0.29) is 17.5 Å².